The van der Waals surface area contributed by atoms with Crippen LogP contribution in [0.15, 0.2) is 0 Å². The molecular formula is C4H2ClF7O. The average molecular weight is 234 g/mol. The van der Waals surface area contributed by atoms with Crippen molar-refractivity contribution in [3.05, 3.63) is 0 Å². The van der Waals surface area contributed by atoms with E-state index in [4.69, 9.17) is 0 Å². The Kier molecular flexibility index (Phi) is 3.80. The molecule has 13 heavy (non-hydrogen) atoms. The van der Waals surface area contributed by atoms with Gasteiger partial charge in [0.1, 0.15) is 0 Å². The van der Waals surface area contributed by atoms with Gasteiger partial charge in [-0.1, -0.05) is 11.6 Å². The molecule has 0 aliphatic heterocycles. The standard InChI is InChI=1S/C4H2ClF7O/c5-2(7)13-4(11,12)1(6)3(8,9)10/h1-2H/t1-,2-/m1/s1. The molecule has 0 rings (SSSR count). The second-order valence-corrected chi connectivity index (χ2v) is 2.19. The van der Waals surface area contributed by atoms with Gasteiger partial charge < -0.3 is 0 Å². The topological polar surface area (TPSA) is 9.23 Å². The first-order valence-corrected chi connectivity index (χ1v) is 3.05. The zero-order valence-corrected chi connectivity index (χ0v) is 6.34. The van der Waals surface area contributed by atoms with Crippen molar-refractivity contribution in [2.24, 2.45) is 0 Å². The average Bonchev–Trinajstić information content (AvgIpc) is 1.80. The van der Waals surface area contributed by atoms with Crippen LogP contribution in [-0.2, 0) is 4.74 Å². The molecule has 0 spiro atoms. The Morgan fingerprint density at radius 3 is 1.62 bits per heavy atom. The first-order chi connectivity index (χ1) is 5.57. The zero-order valence-electron chi connectivity index (χ0n) is 5.59. The first-order valence-electron chi connectivity index (χ1n) is 2.62. The minimum absolute atomic E-state index is 2.60. The maximum absolute atomic E-state index is 11.9. The van der Waals surface area contributed by atoms with Gasteiger partial charge in [0, 0.05) is 0 Å². The third kappa shape index (κ3) is 3.99. The molecule has 1 nitrogen and oxygen atoms in total. The van der Waals surface area contributed by atoms with E-state index < -0.39 is 24.3 Å². The summed E-state index contributed by atoms with van der Waals surface area (Å²) < 4.78 is 83.6. The van der Waals surface area contributed by atoms with E-state index in [-0.39, 0.29) is 0 Å². The van der Waals surface area contributed by atoms with Gasteiger partial charge in [0.2, 0.25) is 0 Å². The number of hydrogen-bond donors (Lipinski definition) is 0. The lowest BCUT2D eigenvalue weighted by Crippen LogP contribution is -2.44. The van der Waals surface area contributed by atoms with Crippen LogP contribution in [0.4, 0.5) is 30.7 Å². The predicted octanol–water partition coefficient (Wildman–Crippen LogP) is 2.99. The Labute approximate surface area is 72.4 Å². The van der Waals surface area contributed by atoms with E-state index in [9.17, 15) is 30.7 Å². The highest BCUT2D eigenvalue weighted by atomic mass is 35.5. The fraction of sp³-hybridized carbons (Fsp3) is 1.00. The highest BCUT2D eigenvalue weighted by Crippen LogP contribution is 2.36. The number of hydrogen-bond acceptors (Lipinski definition) is 1. The second kappa shape index (κ2) is 3.87. The number of alkyl halides is 8. The number of halogens is 8. The summed E-state index contributed by atoms with van der Waals surface area (Å²) in [4.78, 5) is 0. The quantitative estimate of drug-likeness (QED) is 0.539. The molecule has 0 saturated heterocycles. The summed E-state index contributed by atoms with van der Waals surface area (Å²) in [5.74, 6) is -3.21. The molecule has 0 saturated carbocycles. The monoisotopic (exact) mass is 234 g/mol. The van der Waals surface area contributed by atoms with Gasteiger partial charge in [0.15, 0.2) is 0 Å². The van der Waals surface area contributed by atoms with Gasteiger partial charge in [-0.15, -0.1) is 0 Å². The number of rotatable bonds is 3. The first kappa shape index (κ1) is 12.8. The van der Waals surface area contributed by atoms with Crippen LogP contribution in [0.2, 0.25) is 0 Å². The van der Waals surface area contributed by atoms with Gasteiger partial charge in [-0.05, 0) is 0 Å². The molecule has 0 aromatic carbocycles. The third-order valence-corrected chi connectivity index (χ3v) is 0.918. The molecule has 80 valence electrons. The van der Waals surface area contributed by atoms with Crippen LogP contribution in [0.5, 0.6) is 0 Å². The van der Waals surface area contributed by atoms with E-state index in [0.29, 0.717) is 0 Å². The third-order valence-electron chi connectivity index (χ3n) is 0.829. The van der Waals surface area contributed by atoms with Gasteiger partial charge in [-0.25, -0.2) is 4.39 Å². The molecule has 0 heterocycles. The van der Waals surface area contributed by atoms with E-state index in [1.165, 1.54) is 0 Å². The van der Waals surface area contributed by atoms with Crippen molar-refractivity contribution >= 4 is 11.6 Å². The molecule has 0 aliphatic carbocycles. The molecule has 0 unspecified atom stereocenters. The maximum atomic E-state index is 11.9. The van der Waals surface area contributed by atoms with E-state index >= 15 is 0 Å². The van der Waals surface area contributed by atoms with E-state index in [1.807, 2.05) is 0 Å². The summed E-state index contributed by atoms with van der Waals surface area (Å²) in [5.41, 5.74) is 0. The van der Waals surface area contributed by atoms with Gasteiger partial charge in [0.25, 0.3) is 12.0 Å². The fourth-order valence-corrected chi connectivity index (χ4v) is 0.488. The number of ether oxygens (including phenoxy) is 1. The highest BCUT2D eigenvalue weighted by molar-refractivity contribution is 6.18. The fourth-order valence-electron chi connectivity index (χ4n) is 0.369. The minimum Gasteiger partial charge on any atom is -0.269 e. The van der Waals surface area contributed by atoms with Crippen molar-refractivity contribution in [3.63, 3.8) is 0 Å². The summed E-state index contributed by atoms with van der Waals surface area (Å²) in [6.45, 7) is 0. The van der Waals surface area contributed by atoms with Crippen LogP contribution in [0, 0.1) is 0 Å². The van der Waals surface area contributed by atoms with Crippen LogP contribution in [0.3, 0.4) is 0 Å². The molecule has 0 aliphatic rings. The molecule has 2 atom stereocenters. The Hall–Kier alpha value is -0.240. The van der Waals surface area contributed by atoms with Crippen molar-refractivity contribution in [3.8, 4) is 0 Å². The van der Waals surface area contributed by atoms with Gasteiger partial charge >= 0.3 is 12.3 Å². The largest absolute Gasteiger partial charge is 0.428 e. The Balaban J connectivity index is 4.45. The lowest BCUT2D eigenvalue weighted by atomic mass is 10.3. The van der Waals surface area contributed by atoms with Gasteiger partial charge in [-0.3, -0.25) is 4.74 Å². The molecule has 0 aromatic rings. The van der Waals surface area contributed by atoms with Crippen molar-refractivity contribution in [1.29, 1.82) is 0 Å². The molecule has 0 bridgehead atoms. The van der Waals surface area contributed by atoms with Crippen molar-refractivity contribution < 1.29 is 35.5 Å². The lowest BCUT2D eigenvalue weighted by Gasteiger charge is -2.22. The summed E-state index contributed by atoms with van der Waals surface area (Å²) in [6, 6.07) is 0. The van der Waals surface area contributed by atoms with E-state index in [2.05, 4.69) is 16.3 Å². The molecule has 0 fully saturated rings. The zero-order chi connectivity index (χ0) is 10.9. The normalized spacial score (nSPS) is 18.5. The van der Waals surface area contributed by atoms with E-state index in [0.717, 1.165) is 0 Å². The predicted molar refractivity (Wildman–Crippen MR) is 27.7 cm³/mol. The van der Waals surface area contributed by atoms with Crippen LogP contribution < -0.4 is 0 Å². The van der Waals surface area contributed by atoms with Crippen molar-refractivity contribution in [1.82, 2.24) is 0 Å². The second-order valence-electron chi connectivity index (χ2n) is 1.84. The van der Waals surface area contributed by atoms with Crippen LogP contribution in [0.1, 0.15) is 0 Å². The Morgan fingerprint density at radius 2 is 1.38 bits per heavy atom. The summed E-state index contributed by atoms with van der Waals surface area (Å²) >= 11 is 4.15. The summed E-state index contributed by atoms with van der Waals surface area (Å²) in [7, 11) is 0. The lowest BCUT2D eigenvalue weighted by molar-refractivity contribution is -0.350. The van der Waals surface area contributed by atoms with Crippen LogP contribution in [0.25, 0.3) is 0 Å². The smallest absolute Gasteiger partial charge is 0.269 e. The molecule has 0 aromatic heterocycles. The highest BCUT2D eigenvalue weighted by Gasteiger charge is 2.59. The van der Waals surface area contributed by atoms with Gasteiger partial charge in [0.05, 0.1) is 0 Å². The molecule has 0 radical (unpaired) electrons. The summed E-state index contributed by atoms with van der Waals surface area (Å²) in [5, 5.41) is 0. The van der Waals surface area contributed by atoms with Gasteiger partial charge in [-0.2, -0.15) is 26.3 Å². The molecule has 0 amide bonds. The Bertz CT molecular complexity index is 166. The molecule has 9 heteroatoms. The van der Waals surface area contributed by atoms with Crippen molar-refractivity contribution in [2.45, 2.75) is 24.3 Å². The minimum atomic E-state index is -5.84. The van der Waals surface area contributed by atoms with Crippen molar-refractivity contribution in [2.75, 3.05) is 0 Å². The van der Waals surface area contributed by atoms with E-state index in [1.54, 1.807) is 0 Å². The maximum Gasteiger partial charge on any atom is 0.428 e. The van der Waals surface area contributed by atoms with Crippen LogP contribution in [-0.4, -0.2) is 24.3 Å². The Morgan fingerprint density at radius 1 is 1.00 bits per heavy atom. The van der Waals surface area contributed by atoms with Crippen LogP contribution >= 0.6 is 11.6 Å². The molecule has 0 N–H and O–H groups in total. The molecular weight excluding hydrogens is 232 g/mol. The summed E-state index contributed by atoms with van der Waals surface area (Å²) in [6.07, 6.45) is -15.8. The SMILES string of the molecule is F[C@H](C(F)(F)F)C(F)(F)O[C@@H](F)Cl.